The third-order valence-corrected chi connectivity index (χ3v) is 4.83. The van der Waals surface area contributed by atoms with Crippen LogP contribution in [0.4, 0.5) is 4.39 Å². The Morgan fingerprint density at radius 3 is 2.32 bits per heavy atom. The first kappa shape index (κ1) is 16.9. The smallest absolute Gasteiger partial charge is 0.237 e. The summed E-state index contributed by atoms with van der Waals surface area (Å²) in [5, 5.41) is 3.03. The summed E-state index contributed by atoms with van der Waals surface area (Å²) in [6, 6.07) is 6.16. The predicted octanol–water partition coefficient (Wildman–Crippen LogP) is 3.13. The van der Waals surface area contributed by atoms with Crippen LogP contribution in [0.1, 0.15) is 52.0 Å². The van der Waals surface area contributed by atoms with Gasteiger partial charge in [0.05, 0.1) is 6.04 Å². The summed E-state index contributed by atoms with van der Waals surface area (Å²) in [4.78, 5) is 12.3. The zero-order valence-electron chi connectivity index (χ0n) is 13.8. The van der Waals surface area contributed by atoms with E-state index >= 15 is 0 Å². The highest BCUT2D eigenvalue weighted by atomic mass is 19.1. The molecule has 1 aliphatic rings. The van der Waals surface area contributed by atoms with E-state index in [1.54, 1.807) is 0 Å². The van der Waals surface area contributed by atoms with Crippen LogP contribution >= 0.6 is 0 Å². The lowest BCUT2D eigenvalue weighted by Gasteiger charge is -2.32. The molecule has 0 radical (unpaired) electrons. The second-order valence-corrected chi connectivity index (χ2v) is 7.56. The summed E-state index contributed by atoms with van der Waals surface area (Å²) in [6.07, 6.45) is 4.31. The van der Waals surface area contributed by atoms with E-state index in [4.69, 9.17) is 5.73 Å². The molecule has 3 nitrogen and oxygen atoms in total. The van der Waals surface area contributed by atoms with Crippen LogP contribution in [-0.4, -0.2) is 18.5 Å². The number of nitrogens with two attached hydrogens (primary N) is 1. The molecule has 0 spiro atoms. The van der Waals surface area contributed by atoms with E-state index in [1.165, 1.54) is 12.1 Å². The molecule has 1 fully saturated rings. The van der Waals surface area contributed by atoms with Gasteiger partial charge in [0.1, 0.15) is 5.82 Å². The number of benzene rings is 1. The summed E-state index contributed by atoms with van der Waals surface area (Å²) in [6.45, 7) is 6.45. The Balaban J connectivity index is 2.10. The minimum Gasteiger partial charge on any atom is -0.354 e. The lowest BCUT2D eigenvalue weighted by atomic mass is 9.78. The topological polar surface area (TPSA) is 55.1 Å². The first-order chi connectivity index (χ1) is 10.2. The second-order valence-electron chi connectivity index (χ2n) is 7.56. The number of nitrogens with one attached hydrogen (secondary N) is 1. The highest BCUT2D eigenvalue weighted by molar-refractivity contribution is 5.82. The molecule has 0 saturated heterocycles. The number of amides is 1. The number of hydrogen-bond acceptors (Lipinski definition) is 2. The van der Waals surface area contributed by atoms with Gasteiger partial charge in [0.25, 0.3) is 0 Å². The van der Waals surface area contributed by atoms with Crippen LogP contribution in [0.5, 0.6) is 0 Å². The van der Waals surface area contributed by atoms with Crippen LogP contribution in [0.15, 0.2) is 24.3 Å². The first-order valence-electron chi connectivity index (χ1n) is 8.04. The Labute approximate surface area is 132 Å². The molecule has 3 N–H and O–H groups in total. The molecule has 2 rings (SSSR count). The zero-order chi connectivity index (χ0) is 16.4. The van der Waals surface area contributed by atoms with Crippen LogP contribution in [0.2, 0.25) is 0 Å². The lowest BCUT2D eigenvalue weighted by molar-refractivity contribution is -0.124. The van der Waals surface area contributed by atoms with E-state index in [-0.39, 0.29) is 22.6 Å². The van der Waals surface area contributed by atoms with E-state index in [2.05, 4.69) is 5.32 Å². The molecule has 4 heteroatoms. The molecule has 1 atom stereocenters. The Bertz CT molecular complexity index is 513. The van der Waals surface area contributed by atoms with Gasteiger partial charge in [-0.3, -0.25) is 4.79 Å². The van der Waals surface area contributed by atoms with Gasteiger partial charge in [-0.05, 0) is 36.0 Å². The van der Waals surface area contributed by atoms with Crippen molar-refractivity contribution in [3.8, 4) is 0 Å². The fraction of sp³-hybridized carbons (Fsp3) is 0.611. The van der Waals surface area contributed by atoms with E-state index in [1.807, 2.05) is 32.9 Å². The SMILES string of the molecule is CC(C)(C)[C@H](N)C(=O)NCC1(c2ccc(F)cc2)CCCC1. The summed E-state index contributed by atoms with van der Waals surface area (Å²) < 4.78 is 13.2. The fourth-order valence-corrected chi connectivity index (χ4v) is 3.18. The normalized spacial score (nSPS) is 19.0. The van der Waals surface area contributed by atoms with Crippen LogP contribution < -0.4 is 11.1 Å². The van der Waals surface area contributed by atoms with Crippen molar-refractivity contribution in [3.05, 3.63) is 35.6 Å². The Morgan fingerprint density at radius 1 is 1.27 bits per heavy atom. The average molecular weight is 306 g/mol. The highest BCUT2D eigenvalue weighted by Gasteiger charge is 2.37. The van der Waals surface area contributed by atoms with Crippen molar-refractivity contribution in [2.24, 2.45) is 11.1 Å². The molecule has 0 bridgehead atoms. The van der Waals surface area contributed by atoms with Crippen LogP contribution in [0.25, 0.3) is 0 Å². The number of carbonyl (C=O) groups is 1. The molecular weight excluding hydrogens is 279 g/mol. The van der Waals surface area contributed by atoms with Crippen molar-refractivity contribution in [1.29, 1.82) is 0 Å². The van der Waals surface area contributed by atoms with Gasteiger partial charge in [0.15, 0.2) is 0 Å². The zero-order valence-corrected chi connectivity index (χ0v) is 13.8. The molecule has 1 aromatic rings. The van der Waals surface area contributed by atoms with Gasteiger partial charge in [0.2, 0.25) is 5.91 Å². The minimum absolute atomic E-state index is 0.0824. The van der Waals surface area contributed by atoms with Gasteiger partial charge in [-0.25, -0.2) is 4.39 Å². The quantitative estimate of drug-likeness (QED) is 0.898. The van der Waals surface area contributed by atoms with Gasteiger partial charge >= 0.3 is 0 Å². The van der Waals surface area contributed by atoms with Crippen molar-refractivity contribution in [1.82, 2.24) is 5.32 Å². The van der Waals surface area contributed by atoms with E-state index in [9.17, 15) is 9.18 Å². The van der Waals surface area contributed by atoms with E-state index < -0.39 is 6.04 Å². The molecule has 1 saturated carbocycles. The average Bonchev–Trinajstić information content (AvgIpc) is 2.93. The first-order valence-corrected chi connectivity index (χ1v) is 8.04. The maximum atomic E-state index is 13.2. The maximum Gasteiger partial charge on any atom is 0.237 e. The number of hydrogen-bond donors (Lipinski definition) is 2. The number of halogens is 1. The van der Waals surface area contributed by atoms with Crippen LogP contribution in [0, 0.1) is 11.2 Å². The van der Waals surface area contributed by atoms with E-state index in [0.717, 1.165) is 31.2 Å². The highest BCUT2D eigenvalue weighted by Crippen LogP contribution is 2.40. The standard InChI is InChI=1S/C18H27FN2O/c1-17(2,3)15(20)16(22)21-12-18(10-4-5-11-18)13-6-8-14(19)9-7-13/h6-9,15H,4-5,10-12,20H2,1-3H3,(H,21,22)/t15-/m1/s1. The minimum atomic E-state index is -0.529. The van der Waals surface area contributed by atoms with Gasteiger partial charge in [-0.2, -0.15) is 0 Å². The Kier molecular flexibility index (Phi) is 4.90. The van der Waals surface area contributed by atoms with Crippen molar-refractivity contribution < 1.29 is 9.18 Å². The largest absolute Gasteiger partial charge is 0.354 e. The summed E-state index contributed by atoms with van der Waals surface area (Å²) >= 11 is 0. The van der Waals surface area contributed by atoms with Crippen LogP contribution in [-0.2, 0) is 10.2 Å². The van der Waals surface area contributed by atoms with Gasteiger partial charge < -0.3 is 11.1 Å². The van der Waals surface area contributed by atoms with Crippen LogP contribution in [0.3, 0.4) is 0 Å². The fourth-order valence-electron chi connectivity index (χ4n) is 3.18. The molecule has 1 aromatic carbocycles. The predicted molar refractivity (Wildman–Crippen MR) is 87.0 cm³/mol. The Morgan fingerprint density at radius 2 is 1.82 bits per heavy atom. The maximum absolute atomic E-state index is 13.2. The molecule has 22 heavy (non-hydrogen) atoms. The molecule has 122 valence electrons. The summed E-state index contributed by atoms with van der Waals surface area (Å²) in [7, 11) is 0. The third-order valence-electron chi connectivity index (χ3n) is 4.83. The molecule has 1 amide bonds. The second kappa shape index (κ2) is 6.37. The monoisotopic (exact) mass is 306 g/mol. The van der Waals surface area contributed by atoms with Crippen molar-refractivity contribution in [2.45, 2.75) is 57.9 Å². The molecule has 0 aliphatic heterocycles. The number of rotatable bonds is 4. The van der Waals surface area contributed by atoms with Gasteiger partial charge in [-0.1, -0.05) is 45.7 Å². The van der Waals surface area contributed by atoms with E-state index in [0.29, 0.717) is 6.54 Å². The Hall–Kier alpha value is -1.42. The van der Waals surface area contributed by atoms with Crippen molar-refractivity contribution >= 4 is 5.91 Å². The molecule has 0 heterocycles. The lowest BCUT2D eigenvalue weighted by Crippen LogP contribution is -2.51. The molecule has 0 aromatic heterocycles. The molecule has 0 unspecified atom stereocenters. The molecular formula is C18H27FN2O. The third kappa shape index (κ3) is 3.67. The van der Waals surface area contributed by atoms with Gasteiger partial charge in [0, 0.05) is 12.0 Å². The van der Waals surface area contributed by atoms with Crippen molar-refractivity contribution in [3.63, 3.8) is 0 Å². The summed E-state index contributed by atoms with van der Waals surface area (Å²) in [5.41, 5.74) is 6.78. The molecule has 1 aliphatic carbocycles. The summed E-state index contributed by atoms with van der Waals surface area (Å²) in [5.74, 6) is -0.337. The van der Waals surface area contributed by atoms with Crippen molar-refractivity contribution in [2.75, 3.05) is 6.54 Å². The number of carbonyl (C=O) groups excluding carboxylic acids is 1. The van der Waals surface area contributed by atoms with Gasteiger partial charge in [-0.15, -0.1) is 0 Å².